The minimum Gasteiger partial charge on any atom is -0.467 e. The largest absolute Gasteiger partial charge is 0.467 e. The fourth-order valence-electron chi connectivity index (χ4n) is 2.74. The van der Waals surface area contributed by atoms with Crippen molar-refractivity contribution in [2.45, 2.75) is 11.7 Å². The van der Waals surface area contributed by atoms with Gasteiger partial charge in [0, 0.05) is 11.3 Å². The SMILES string of the molecule is O=C(CSc1nnc(-c2ccc(F)cc2)n1-c1ccccc1)NCc1ccco1. The number of benzene rings is 2. The van der Waals surface area contributed by atoms with Crippen LogP contribution in [0.4, 0.5) is 4.39 Å². The lowest BCUT2D eigenvalue weighted by atomic mass is 10.2. The number of halogens is 1. The van der Waals surface area contributed by atoms with Crippen molar-refractivity contribution in [3.8, 4) is 17.1 Å². The number of aromatic nitrogens is 3. The molecule has 0 spiro atoms. The summed E-state index contributed by atoms with van der Waals surface area (Å²) in [6.07, 6.45) is 1.57. The van der Waals surface area contributed by atoms with Crippen LogP contribution in [0.5, 0.6) is 0 Å². The van der Waals surface area contributed by atoms with E-state index < -0.39 is 0 Å². The van der Waals surface area contributed by atoms with Crippen LogP contribution in [0.2, 0.25) is 0 Å². The number of rotatable bonds is 7. The van der Waals surface area contributed by atoms with Crippen LogP contribution >= 0.6 is 11.8 Å². The molecule has 0 aliphatic heterocycles. The van der Waals surface area contributed by atoms with Crippen molar-refractivity contribution < 1.29 is 13.6 Å². The number of nitrogens with one attached hydrogen (secondary N) is 1. The van der Waals surface area contributed by atoms with Gasteiger partial charge >= 0.3 is 0 Å². The Hall–Kier alpha value is -3.39. The van der Waals surface area contributed by atoms with Crippen LogP contribution in [0.1, 0.15) is 5.76 Å². The zero-order valence-corrected chi connectivity index (χ0v) is 16.1. The van der Waals surface area contributed by atoms with Gasteiger partial charge in [0.05, 0.1) is 18.6 Å². The summed E-state index contributed by atoms with van der Waals surface area (Å²) >= 11 is 1.28. The second kappa shape index (κ2) is 8.74. The molecule has 0 bridgehead atoms. The van der Waals surface area contributed by atoms with E-state index >= 15 is 0 Å². The molecule has 0 aliphatic carbocycles. The average Bonchev–Trinajstić information content (AvgIpc) is 3.42. The molecule has 1 amide bonds. The van der Waals surface area contributed by atoms with Crippen molar-refractivity contribution in [3.05, 3.63) is 84.6 Å². The molecular weight excluding hydrogens is 391 g/mol. The number of carbonyl (C=O) groups is 1. The Morgan fingerprint density at radius 3 is 2.55 bits per heavy atom. The average molecular weight is 408 g/mol. The second-order valence-corrected chi connectivity index (χ2v) is 7.07. The summed E-state index contributed by atoms with van der Waals surface area (Å²) in [5, 5.41) is 11.9. The first-order valence-electron chi connectivity index (χ1n) is 8.89. The summed E-state index contributed by atoms with van der Waals surface area (Å²) in [5.41, 5.74) is 1.59. The third-order valence-electron chi connectivity index (χ3n) is 4.12. The van der Waals surface area contributed by atoms with Crippen LogP contribution in [0.25, 0.3) is 17.1 Å². The van der Waals surface area contributed by atoms with Gasteiger partial charge in [0.2, 0.25) is 5.91 Å². The molecule has 29 heavy (non-hydrogen) atoms. The number of nitrogens with zero attached hydrogens (tertiary/aromatic N) is 3. The maximum Gasteiger partial charge on any atom is 0.230 e. The first-order valence-corrected chi connectivity index (χ1v) is 9.88. The van der Waals surface area contributed by atoms with E-state index in [-0.39, 0.29) is 17.5 Å². The fraction of sp³-hybridized carbons (Fsp3) is 0.0952. The Labute approximate surface area is 170 Å². The number of carbonyl (C=O) groups excluding carboxylic acids is 1. The first-order chi connectivity index (χ1) is 14.2. The van der Waals surface area contributed by atoms with E-state index in [0.717, 1.165) is 11.3 Å². The molecular formula is C21H17FN4O2S. The minimum absolute atomic E-state index is 0.141. The Balaban J connectivity index is 1.55. The van der Waals surface area contributed by atoms with E-state index in [9.17, 15) is 9.18 Å². The van der Waals surface area contributed by atoms with Crippen LogP contribution in [0, 0.1) is 5.82 Å². The number of furan rings is 1. The van der Waals surface area contributed by atoms with Gasteiger partial charge in [-0.1, -0.05) is 30.0 Å². The van der Waals surface area contributed by atoms with Gasteiger partial charge in [-0.2, -0.15) is 0 Å². The van der Waals surface area contributed by atoms with Gasteiger partial charge < -0.3 is 9.73 Å². The van der Waals surface area contributed by atoms with E-state index in [4.69, 9.17) is 4.42 Å². The molecule has 4 rings (SSSR count). The summed E-state index contributed by atoms with van der Waals surface area (Å²) in [5.74, 6) is 0.985. The summed E-state index contributed by atoms with van der Waals surface area (Å²) in [6.45, 7) is 0.332. The molecule has 4 aromatic rings. The zero-order chi connectivity index (χ0) is 20.1. The van der Waals surface area contributed by atoms with Crippen molar-refractivity contribution in [2.24, 2.45) is 0 Å². The Bertz CT molecular complexity index is 1080. The number of hydrogen-bond donors (Lipinski definition) is 1. The lowest BCUT2D eigenvalue weighted by Crippen LogP contribution is -2.24. The summed E-state index contributed by atoms with van der Waals surface area (Å²) < 4.78 is 20.4. The molecule has 6 nitrogen and oxygen atoms in total. The number of amides is 1. The number of para-hydroxylation sites is 1. The maximum atomic E-state index is 13.3. The van der Waals surface area contributed by atoms with Crippen LogP contribution in [-0.4, -0.2) is 26.4 Å². The van der Waals surface area contributed by atoms with Crippen molar-refractivity contribution >= 4 is 17.7 Å². The van der Waals surface area contributed by atoms with Gasteiger partial charge in [-0.15, -0.1) is 10.2 Å². The molecule has 146 valence electrons. The van der Waals surface area contributed by atoms with E-state index in [2.05, 4.69) is 15.5 Å². The molecule has 0 unspecified atom stereocenters. The molecule has 2 heterocycles. The van der Waals surface area contributed by atoms with Crippen molar-refractivity contribution in [1.82, 2.24) is 20.1 Å². The van der Waals surface area contributed by atoms with Gasteiger partial charge in [0.15, 0.2) is 11.0 Å². The van der Waals surface area contributed by atoms with E-state index in [1.807, 2.05) is 34.9 Å². The standard InChI is InChI=1S/C21H17FN4O2S/c22-16-10-8-15(9-11-16)20-24-25-21(26(20)17-5-2-1-3-6-17)29-14-19(27)23-13-18-7-4-12-28-18/h1-12H,13-14H2,(H,23,27). The highest BCUT2D eigenvalue weighted by Gasteiger charge is 2.17. The van der Waals surface area contributed by atoms with E-state index in [1.54, 1.807) is 30.5 Å². The molecule has 1 N–H and O–H groups in total. The number of hydrogen-bond acceptors (Lipinski definition) is 5. The molecule has 2 aromatic carbocycles. The molecule has 0 aliphatic rings. The molecule has 2 aromatic heterocycles. The Kier molecular flexibility index (Phi) is 5.71. The van der Waals surface area contributed by atoms with Gasteiger partial charge in [-0.3, -0.25) is 9.36 Å². The van der Waals surface area contributed by atoms with Gasteiger partial charge in [-0.05, 0) is 48.5 Å². The van der Waals surface area contributed by atoms with Crippen LogP contribution < -0.4 is 5.32 Å². The predicted molar refractivity (Wildman–Crippen MR) is 108 cm³/mol. The monoisotopic (exact) mass is 408 g/mol. The van der Waals surface area contributed by atoms with Crippen LogP contribution in [-0.2, 0) is 11.3 Å². The van der Waals surface area contributed by atoms with Crippen molar-refractivity contribution in [1.29, 1.82) is 0 Å². The molecule has 0 fully saturated rings. The Morgan fingerprint density at radius 2 is 1.83 bits per heavy atom. The third-order valence-corrected chi connectivity index (χ3v) is 5.05. The maximum absolute atomic E-state index is 13.3. The molecule has 8 heteroatoms. The topological polar surface area (TPSA) is 73.0 Å². The van der Waals surface area contributed by atoms with E-state index in [1.165, 1.54) is 23.9 Å². The highest BCUT2D eigenvalue weighted by atomic mass is 32.2. The van der Waals surface area contributed by atoms with Gasteiger partial charge in [0.25, 0.3) is 0 Å². The van der Waals surface area contributed by atoms with Gasteiger partial charge in [-0.25, -0.2) is 4.39 Å². The minimum atomic E-state index is -0.317. The zero-order valence-electron chi connectivity index (χ0n) is 15.3. The molecule has 0 atom stereocenters. The predicted octanol–water partition coefficient (Wildman–Crippen LogP) is 4.07. The second-order valence-electron chi connectivity index (χ2n) is 6.13. The molecule has 0 saturated carbocycles. The van der Waals surface area contributed by atoms with Crippen LogP contribution in [0.3, 0.4) is 0 Å². The smallest absolute Gasteiger partial charge is 0.230 e. The summed E-state index contributed by atoms with van der Waals surface area (Å²) in [4.78, 5) is 12.2. The molecule has 0 radical (unpaired) electrons. The van der Waals surface area contributed by atoms with Gasteiger partial charge in [0.1, 0.15) is 11.6 Å². The van der Waals surface area contributed by atoms with Crippen molar-refractivity contribution in [2.75, 3.05) is 5.75 Å². The first kappa shape index (κ1) is 18.9. The molecule has 0 saturated heterocycles. The highest BCUT2D eigenvalue weighted by Crippen LogP contribution is 2.28. The lowest BCUT2D eigenvalue weighted by Gasteiger charge is -2.10. The third kappa shape index (κ3) is 4.55. The lowest BCUT2D eigenvalue weighted by molar-refractivity contribution is -0.118. The Morgan fingerprint density at radius 1 is 1.03 bits per heavy atom. The number of thioether (sulfide) groups is 1. The summed E-state index contributed by atoms with van der Waals surface area (Å²) in [6, 6.07) is 19.2. The van der Waals surface area contributed by atoms with Crippen LogP contribution in [0.15, 0.2) is 82.6 Å². The quantitative estimate of drug-likeness (QED) is 0.467. The highest BCUT2D eigenvalue weighted by molar-refractivity contribution is 7.99. The summed E-state index contributed by atoms with van der Waals surface area (Å²) in [7, 11) is 0. The normalized spacial score (nSPS) is 10.8. The van der Waals surface area contributed by atoms with Crippen molar-refractivity contribution in [3.63, 3.8) is 0 Å². The fourth-order valence-corrected chi connectivity index (χ4v) is 3.52. The van der Waals surface area contributed by atoms with E-state index in [0.29, 0.717) is 23.3 Å².